The molecule has 0 aliphatic heterocycles. The summed E-state index contributed by atoms with van der Waals surface area (Å²) in [5.41, 5.74) is 0. The van der Waals surface area contributed by atoms with Crippen molar-refractivity contribution in [2.75, 3.05) is 0 Å². The van der Waals surface area contributed by atoms with Crippen LogP contribution < -0.4 is 0 Å². The van der Waals surface area contributed by atoms with Crippen LogP contribution in [0.4, 0.5) is 0 Å². The standard InChI is InChI=1S/BO.GeHO/c2*1-2/h;1H. The van der Waals surface area contributed by atoms with Crippen LogP contribution in [0.3, 0.4) is 0 Å². The monoisotopic (exact) mass is 118 g/mol. The van der Waals surface area contributed by atoms with Crippen molar-refractivity contribution in [2.45, 2.75) is 0 Å². The molecular formula is HBGeO2. The van der Waals surface area contributed by atoms with E-state index in [-0.39, 0.29) is 0 Å². The molecular weight excluding hydrogens is 115 g/mol. The van der Waals surface area contributed by atoms with Crippen molar-refractivity contribution in [3.63, 3.8) is 0 Å². The van der Waals surface area contributed by atoms with Crippen molar-refractivity contribution in [3.8, 4) is 0 Å². The second-order valence-electron chi connectivity index (χ2n) is 0. The van der Waals surface area contributed by atoms with E-state index in [1.165, 1.54) is 0 Å². The van der Waals surface area contributed by atoms with Gasteiger partial charge in [-0.3, -0.25) is 0 Å². The molecule has 0 bridgehead atoms. The van der Waals surface area contributed by atoms with Crippen molar-refractivity contribution in [3.05, 3.63) is 0 Å². The Labute approximate surface area is 33.4 Å². The van der Waals surface area contributed by atoms with Gasteiger partial charge in [-0.15, -0.1) is 0 Å². The summed E-state index contributed by atoms with van der Waals surface area (Å²) in [7, 11) is 3.25. The molecule has 0 aromatic heterocycles. The first-order valence-electron chi connectivity index (χ1n) is 0.471. The van der Waals surface area contributed by atoms with Crippen LogP contribution in [0.1, 0.15) is 0 Å². The first-order chi connectivity index (χ1) is 2.00. The predicted molar refractivity (Wildman–Crippen MR) is 14.3 cm³/mol. The second kappa shape index (κ2) is 362. The molecule has 20 valence electrons. The number of rotatable bonds is 0. The zero-order valence-corrected chi connectivity index (χ0v) is 4.39. The Morgan fingerprint density at radius 3 is 1.25 bits per heavy atom. The molecule has 0 aliphatic carbocycles. The Bertz CT molecular complexity index is 8.00. The third-order valence-corrected chi connectivity index (χ3v) is 0. The molecule has 0 spiro atoms. The van der Waals surface area contributed by atoms with E-state index in [1.807, 2.05) is 0 Å². The topological polar surface area (TPSA) is 34.1 Å². The van der Waals surface area contributed by atoms with Crippen molar-refractivity contribution >= 4 is 24.2 Å². The average molecular weight is 116 g/mol. The van der Waals surface area contributed by atoms with E-state index in [0.717, 1.165) is 0 Å². The fourth-order valence-electron chi connectivity index (χ4n) is 0. The van der Waals surface area contributed by atoms with Crippen LogP contribution >= 0.6 is 0 Å². The predicted octanol–water partition coefficient (Wildman–Crippen LogP) is -1.27. The quantitative estimate of drug-likeness (QED) is 0.370. The van der Waals surface area contributed by atoms with Gasteiger partial charge in [0.15, 0.2) is 0 Å². The molecule has 0 amide bonds. The van der Waals surface area contributed by atoms with Gasteiger partial charge < -0.3 is 0 Å². The Hall–Kier alpha value is 0.208. The SMILES string of the molecule is [B]=O.[O]=[GeH]. The Kier molecular flexibility index (Phi) is 804. The van der Waals surface area contributed by atoms with Gasteiger partial charge >= 0.3 is 32.6 Å². The third-order valence-electron chi connectivity index (χ3n) is 0. The van der Waals surface area contributed by atoms with Gasteiger partial charge in [-0.1, -0.05) is 0 Å². The molecule has 0 rings (SSSR count). The molecule has 0 saturated heterocycles. The van der Waals surface area contributed by atoms with Gasteiger partial charge in [-0.25, -0.2) is 0 Å². The Balaban J connectivity index is 0. The van der Waals surface area contributed by atoms with Crippen LogP contribution in [0.25, 0.3) is 0 Å². The molecule has 0 heterocycles. The summed E-state index contributed by atoms with van der Waals surface area (Å²) in [4.78, 5) is 0. The van der Waals surface area contributed by atoms with E-state index >= 15 is 0 Å². The van der Waals surface area contributed by atoms with Crippen LogP contribution in [-0.2, 0) is 8.48 Å². The van der Waals surface area contributed by atoms with Gasteiger partial charge in [-0.05, 0) is 0 Å². The Morgan fingerprint density at radius 2 is 1.25 bits per heavy atom. The van der Waals surface area contributed by atoms with Gasteiger partial charge in [0.05, 0.1) is 0 Å². The van der Waals surface area contributed by atoms with Crippen LogP contribution in [0, 0.1) is 0 Å². The maximum atomic E-state index is 8.31. The van der Waals surface area contributed by atoms with Crippen molar-refractivity contribution < 1.29 is 8.48 Å². The summed E-state index contributed by atoms with van der Waals surface area (Å²) in [6.07, 6.45) is 0. The van der Waals surface area contributed by atoms with Crippen molar-refractivity contribution in [2.24, 2.45) is 0 Å². The summed E-state index contributed by atoms with van der Waals surface area (Å²) in [6, 6.07) is 0. The second-order valence-corrected chi connectivity index (χ2v) is 0. The third kappa shape index (κ3) is 74.6. The number of hydrogen-bond donors (Lipinski definition) is 0. The maximum absolute atomic E-state index is 8.31. The van der Waals surface area contributed by atoms with E-state index in [9.17, 15) is 0 Å². The number of hydrogen-bond acceptors (Lipinski definition) is 2. The first-order valence-corrected chi connectivity index (χ1v) is 1.46. The van der Waals surface area contributed by atoms with Crippen molar-refractivity contribution in [1.29, 1.82) is 0 Å². The van der Waals surface area contributed by atoms with Gasteiger partial charge in [0, 0.05) is 0 Å². The normalized spacial score (nSPS) is 1.75. The molecule has 0 aromatic carbocycles. The molecule has 4 heavy (non-hydrogen) atoms. The molecule has 0 unspecified atom stereocenters. The summed E-state index contributed by atoms with van der Waals surface area (Å²) in [6.45, 7) is 0. The van der Waals surface area contributed by atoms with Crippen LogP contribution in [0.2, 0.25) is 0 Å². The van der Waals surface area contributed by atoms with Gasteiger partial charge in [0.2, 0.25) is 0 Å². The summed E-state index contributed by atoms with van der Waals surface area (Å²) in [5, 5.41) is 0. The summed E-state index contributed by atoms with van der Waals surface area (Å²) >= 11 is 0.438. The zero-order chi connectivity index (χ0) is 4.00. The molecule has 2 radical (unpaired) electrons. The van der Waals surface area contributed by atoms with Crippen molar-refractivity contribution in [1.82, 2.24) is 0 Å². The fraction of sp³-hybridized carbons (Fsp3) is 0. The zero-order valence-electron chi connectivity index (χ0n) is 1.97. The van der Waals surface area contributed by atoms with Gasteiger partial charge in [0.1, 0.15) is 0 Å². The molecule has 4 heteroatoms. The van der Waals surface area contributed by atoms with Gasteiger partial charge in [0.25, 0.3) is 0 Å². The van der Waals surface area contributed by atoms with Crippen LogP contribution in [0.15, 0.2) is 0 Å². The molecule has 0 fully saturated rings. The van der Waals surface area contributed by atoms with E-state index in [1.54, 1.807) is 0 Å². The molecule has 0 saturated carbocycles. The summed E-state index contributed by atoms with van der Waals surface area (Å²) in [5.74, 6) is 0. The minimum atomic E-state index is 0.438. The van der Waals surface area contributed by atoms with Crippen LogP contribution in [-0.4, -0.2) is 24.2 Å². The first kappa shape index (κ1) is 8.88. The average Bonchev–Trinajstić information content (AvgIpc) is 1.50. The molecule has 0 aliphatic rings. The van der Waals surface area contributed by atoms with Gasteiger partial charge in [-0.2, -0.15) is 0 Å². The van der Waals surface area contributed by atoms with Crippen LogP contribution in [0.5, 0.6) is 0 Å². The Morgan fingerprint density at radius 1 is 1.25 bits per heavy atom. The van der Waals surface area contributed by atoms with E-state index in [4.69, 9.17) is 8.48 Å². The van der Waals surface area contributed by atoms with E-state index in [0.29, 0.717) is 16.5 Å². The van der Waals surface area contributed by atoms with E-state index in [2.05, 4.69) is 7.72 Å². The minimum absolute atomic E-state index is 0.438. The molecule has 0 atom stereocenters. The molecule has 0 N–H and O–H groups in total. The summed E-state index contributed by atoms with van der Waals surface area (Å²) < 4.78 is 16.1. The van der Waals surface area contributed by atoms with E-state index < -0.39 is 0 Å². The molecule has 0 aromatic rings. The molecule has 2 nitrogen and oxygen atoms in total. The fourth-order valence-corrected chi connectivity index (χ4v) is 0.